The Kier molecular flexibility index (Phi) is 6.57. The number of nitrogens with zero attached hydrogens (tertiary/aromatic N) is 1. The molecule has 1 aliphatic rings. The SMILES string of the molecule is CN(C)c1ccc(C(=O)N[C@H]2CCC[C@H](NC(=O)c3cccc(Cl)c3)C2)cc1. The van der Waals surface area contributed by atoms with Gasteiger partial charge in [0.2, 0.25) is 0 Å². The number of amides is 2. The molecule has 3 rings (SSSR count). The maximum atomic E-state index is 12.6. The Hall–Kier alpha value is -2.53. The average Bonchev–Trinajstić information content (AvgIpc) is 2.68. The minimum atomic E-state index is -0.126. The molecule has 6 heteroatoms. The van der Waals surface area contributed by atoms with E-state index in [4.69, 9.17) is 11.6 Å². The second kappa shape index (κ2) is 9.11. The Morgan fingerprint density at radius 2 is 1.54 bits per heavy atom. The highest BCUT2D eigenvalue weighted by Crippen LogP contribution is 2.20. The first-order chi connectivity index (χ1) is 13.4. The van der Waals surface area contributed by atoms with Gasteiger partial charge in [0.1, 0.15) is 0 Å². The summed E-state index contributed by atoms with van der Waals surface area (Å²) < 4.78 is 0. The van der Waals surface area contributed by atoms with E-state index in [-0.39, 0.29) is 23.9 Å². The molecule has 0 radical (unpaired) electrons. The van der Waals surface area contributed by atoms with Crippen molar-refractivity contribution in [3.63, 3.8) is 0 Å². The fraction of sp³-hybridized carbons (Fsp3) is 0.364. The first-order valence-corrected chi connectivity index (χ1v) is 9.95. The predicted octanol–water partition coefficient (Wildman–Crippen LogP) is 3.88. The molecule has 0 unspecified atom stereocenters. The summed E-state index contributed by atoms with van der Waals surface area (Å²) in [6, 6.07) is 14.6. The van der Waals surface area contributed by atoms with E-state index in [1.807, 2.05) is 43.3 Å². The molecular formula is C22H26ClN3O2. The summed E-state index contributed by atoms with van der Waals surface area (Å²) in [5.74, 6) is -0.198. The van der Waals surface area contributed by atoms with Gasteiger partial charge >= 0.3 is 0 Å². The van der Waals surface area contributed by atoms with Crippen molar-refractivity contribution in [2.75, 3.05) is 19.0 Å². The number of halogens is 1. The molecule has 0 saturated heterocycles. The van der Waals surface area contributed by atoms with Crippen LogP contribution in [0.5, 0.6) is 0 Å². The molecule has 2 aromatic carbocycles. The molecule has 2 atom stereocenters. The van der Waals surface area contributed by atoms with Crippen LogP contribution >= 0.6 is 11.6 Å². The average molecular weight is 400 g/mol. The summed E-state index contributed by atoms with van der Waals surface area (Å²) in [5, 5.41) is 6.73. The van der Waals surface area contributed by atoms with Crippen molar-refractivity contribution in [2.45, 2.75) is 37.8 Å². The normalized spacial score (nSPS) is 19.0. The zero-order valence-corrected chi connectivity index (χ0v) is 17.0. The van der Waals surface area contributed by atoms with Crippen LogP contribution in [0.3, 0.4) is 0 Å². The molecule has 2 amide bonds. The number of rotatable bonds is 5. The zero-order valence-electron chi connectivity index (χ0n) is 16.2. The topological polar surface area (TPSA) is 61.4 Å². The maximum absolute atomic E-state index is 12.6. The van der Waals surface area contributed by atoms with Crippen LogP contribution in [0.2, 0.25) is 5.02 Å². The van der Waals surface area contributed by atoms with Gasteiger partial charge in [-0.1, -0.05) is 17.7 Å². The summed E-state index contributed by atoms with van der Waals surface area (Å²) in [5.41, 5.74) is 2.26. The van der Waals surface area contributed by atoms with Crippen LogP contribution in [-0.4, -0.2) is 38.0 Å². The number of carbonyl (C=O) groups is 2. The smallest absolute Gasteiger partial charge is 0.251 e. The van der Waals surface area contributed by atoms with Crippen LogP contribution in [0.25, 0.3) is 0 Å². The number of anilines is 1. The molecule has 0 spiro atoms. The molecule has 2 N–H and O–H groups in total. The van der Waals surface area contributed by atoms with E-state index in [0.717, 1.165) is 31.4 Å². The Morgan fingerprint density at radius 1 is 0.929 bits per heavy atom. The predicted molar refractivity (Wildman–Crippen MR) is 113 cm³/mol. The van der Waals surface area contributed by atoms with E-state index >= 15 is 0 Å². The number of benzene rings is 2. The Labute approximate surface area is 171 Å². The van der Waals surface area contributed by atoms with Crippen molar-refractivity contribution in [3.8, 4) is 0 Å². The van der Waals surface area contributed by atoms with Crippen LogP contribution in [0.4, 0.5) is 5.69 Å². The van der Waals surface area contributed by atoms with Gasteiger partial charge in [-0.15, -0.1) is 0 Å². The lowest BCUT2D eigenvalue weighted by molar-refractivity contribution is 0.0903. The molecule has 2 aromatic rings. The summed E-state index contributed by atoms with van der Waals surface area (Å²) in [4.78, 5) is 27.0. The monoisotopic (exact) mass is 399 g/mol. The van der Waals surface area contributed by atoms with E-state index in [1.54, 1.807) is 24.3 Å². The van der Waals surface area contributed by atoms with E-state index in [1.165, 1.54) is 0 Å². The van der Waals surface area contributed by atoms with Crippen molar-refractivity contribution in [1.29, 1.82) is 0 Å². The third-order valence-electron chi connectivity index (χ3n) is 5.08. The third kappa shape index (κ3) is 5.26. The first-order valence-electron chi connectivity index (χ1n) is 9.57. The largest absolute Gasteiger partial charge is 0.378 e. The van der Waals surface area contributed by atoms with Gasteiger partial charge in [-0.2, -0.15) is 0 Å². The fourth-order valence-electron chi connectivity index (χ4n) is 3.53. The second-order valence-corrected chi connectivity index (χ2v) is 7.90. The van der Waals surface area contributed by atoms with Gasteiger partial charge < -0.3 is 15.5 Å². The minimum absolute atomic E-state index is 0.0432. The molecule has 0 bridgehead atoms. The summed E-state index contributed by atoms with van der Waals surface area (Å²) >= 11 is 5.97. The highest BCUT2D eigenvalue weighted by Gasteiger charge is 2.25. The molecule has 1 aliphatic carbocycles. The highest BCUT2D eigenvalue weighted by molar-refractivity contribution is 6.30. The Balaban J connectivity index is 1.55. The van der Waals surface area contributed by atoms with Crippen LogP contribution in [0.15, 0.2) is 48.5 Å². The van der Waals surface area contributed by atoms with Gasteiger partial charge in [0.25, 0.3) is 11.8 Å². The molecule has 0 aliphatic heterocycles. The number of nitrogens with one attached hydrogen (secondary N) is 2. The van der Waals surface area contributed by atoms with Crippen molar-refractivity contribution in [2.24, 2.45) is 0 Å². The van der Waals surface area contributed by atoms with Crippen LogP contribution in [-0.2, 0) is 0 Å². The van der Waals surface area contributed by atoms with Crippen LogP contribution < -0.4 is 15.5 Å². The number of hydrogen-bond donors (Lipinski definition) is 2. The fourth-order valence-corrected chi connectivity index (χ4v) is 3.72. The van der Waals surface area contributed by atoms with Gasteiger partial charge in [0.15, 0.2) is 0 Å². The summed E-state index contributed by atoms with van der Waals surface area (Å²) in [6.07, 6.45) is 3.53. The number of carbonyl (C=O) groups excluding carboxylic acids is 2. The van der Waals surface area contributed by atoms with E-state index in [2.05, 4.69) is 10.6 Å². The Morgan fingerprint density at radius 3 is 2.11 bits per heavy atom. The standard InChI is InChI=1S/C22H26ClN3O2/c1-26(2)20-11-9-15(10-12-20)21(27)24-18-7-4-8-19(14-18)25-22(28)16-5-3-6-17(23)13-16/h3,5-6,9-13,18-19H,4,7-8,14H2,1-2H3,(H,24,27)(H,25,28)/t18-,19-/m0/s1. The van der Waals surface area contributed by atoms with Crippen molar-refractivity contribution < 1.29 is 9.59 Å². The quantitative estimate of drug-likeness (QED) is 0.802. The van der Waals surface area contributed by atoms with Gasteiger partial charge in [-0.25, -0.2) is 0 Å². The highest BCUT2D eigenvalue weighted by atomic mass is 35.5. The summed E-state index contributed by atoms with van der Waals surface area (Å²) in [7, 11) is 3.93. The van der Waals surface area contributed by atoms with Crippen LogP contribution in [0.1, 0.15) is 46.4 Å². The molecule has 5 nitrogen and oxygen atoms in total. The van der Waals surface area contributed by atoms with E-state index in [0.29, 0.717) is 16.1 Å². The maximum Gasteiger partial charge on any atom is 0.251 e. The molecule has 1 fully saturated rings. The van der Waals surface area contributed by atoms with E-state index in [9.17, 15) is 9.59 Å². The number of hydrogen-bond acceptors (Lipinski definition) is 3. The minimum Gasteiger partial charge on any atom is -0.378 e. The molecule has 148 valence electrons. The van der Waals surface area contributed by atoms with Crippen molar-refractivity contribution in [1.82, 2.24) is 10.6 Å². The summed E-state index contributed by atoms with van der Waals surface area (Å²) in [6.45, 7) is 0. The molecule has 0 heterocycles. The zero-order chi connectivity index (χ0) is 20.1. The van der Waals surface area contributed by atoms with Crippen LogP contribution in [0, 0.1) is 0 Å². The molecule has 1 saturated carbocycles. The van der Waals surface area contributed by atoms with Gasteiger partial charge in [-0.3, -0.25) is 9.59 Å². The van der Waals surface area contributed by atoms with E-state index < -0.39 is 0 Å². The lowest BCUT2D eigenvalue weighted by Crippen LogP contribution is -2.45. The second-order valence-electron chi connectivity index (χ2n) is 7.46. The Bertz CT molecular complexity index is 836. The van der Waals surface area contributed by atoms with Gasteiger partial charge in [-0.05, 0) is 68.1 Å². The first kappa shape index (κ1) is 20.2. The molecular weight excluding hydrogens is 374 g/mol. The third-order valence-corrected chi connectivity index (χ3v) is 5.31. The molecule has 28 heavy (non-hydrogen) atoms. The molecule has 0 aromatic heterocycles. The van der Waals surface area contributed by atoms with Crippen molar-refractivity contribution in [3.05, 3.63) is 64.7 Å². The lowest BCUT2D eigenvalue weighted by atomic mass is 9.90. The van der Waals surface area contributed by atoms with Gasteiger partial charge in [0, 0.05) is 48.0 Å². The van der Waals surface area contributed by atoms with Gasteiger partial charge in [0.05, 0.1) is 0 Å². The lowest BCUT2D eigenvalue weighted by Gasteiger charge is -2.30. The van der Waals surface area contributed by atoms with Crippen molar-refractivity contribution >= 4 is 29.1 Å².